The van der Waals surface area contributed by atoms with Crippen LogP contribution in [0, 0.1) is 5.82 Å². The van der Waals surface area contributed by atoms with Crippen molar-refractivity contribution in [3.8, 4) is 0 Å². The number of amides is 1. The number of para-hydroxylation sites is 1. The second-order valence-electron chi connectivity index (χ2n) is 8.00. The van der Waals surface area contributed by atoms with Crippen LogP contribution < -0.4 is 15.1 Å². The van der Waals surface area contributed by atoms with Gasteiger partial charge in [-0.2, -0.15) is 0 Å². The molecule has 0 aliphatic carbocycles. The Morgan fingerprint density at radius 2 is 1.82 bits per heavy atom. The summed E-state index contributed by atoms with van der Waals surface area (Å²) in [5.41, 5.74) is 1.95. The highest BCUT2D eigenvalue weighted by molar-refractivity contribution is 7.92. The summed E-state index contributed by atoms with van der Waals surface area (Å²) >= 11 is 0. The lowest BCUT2D eigenvalue weighted by molar-refractivity contribution is 0.0949. The van der Waals surface area contributed by atoms with Crippen LogP contribution in [-0.4, -0.2) is 25.9 Å². The zero-order chi connectivity index (χ0) is 23.9. The average molecular weight is 478 g/mol. The smallest absolute Gasteiger partial charge is 0.264 e. The molecule has 7 nitrogen and oxygen atoms in total. The van der Waals surface area contributed by atoms with Crippen molar-refractivity contribution in [3.05, 3.63) is 106 Å². The van der Waals surface area contributed by atoms with Gasteiger partial charge in [0, 0.05) is 30.2 Å². The van der Waals surface area contributed by atoms with Crippen LogP contribution in [0.15, 0.2) is 82.6 Å². The molecule has 9 heteroatoms. The van der Waals surface area contributed by atoms with E-state index in [2.05, 4.69) is 10.3 Å². The van der Waals surface area contributed by atoms with Gasteiger partial charge in [-0.3, -0.25) is 13.9 Å². The van der Waals surface area contributed by atoms with Crippen molar-refractivity contribution in [2.75, 3.05) is 10.8 Å². The van der Waals surface area contributed by atoms with Crippen molar-refractivity contribution in [2.24, 2.45) is 0 Å². The molecule has 0 radical (unpaired) electrons. The largest absolute Gasteiger partial charge is 0.360 e. The maximum Gasteiger partial charge on any atom is 0.264 e. The first-order valence-corrected chi connectivity index (χ1v) is 12.1. The molecular weight excluding hydrogens is 457 g/mol. The van der Waals surface area contributed by atoms with Crippen molar-refractivity contribution in [1.82, 2.24) is 10.3 Å². The van der Waals surface area contributed by atoms with E-state index in [-0.39, 0.29) is 28.2 Å². The molecule has 34 heavy (non-hydrogen) atoms. The van der Waals surface area contributed by atoms with E-state index >= 15 is 0 Å². The molecule has 1 amide bonds. The summed E-state index contributed by atoms with van der Waals surface area (Å²) in [7, 11) is -3.89. The van der Waals surface area contributed by atoms with Crippen LogP contribution in [-0.2, 0) is 23.0 Å². The zero-order valence-electron chi connectivity index (χ0n) is 17.9. The van der Waals surface area contributed by atoms with E-state index < -0.39 is 21.4 Å². The maximum atomic E-state index is 13.4. The first-order valence-electron chi connectivity index (χ1n) is 10.6. The van der Waals surface area contributed by atoms with Crippen LogP contribution in [0.4, 0.5) is 10.1 Å². The number of anilines is 1. The minimum absolute atomic E-state index is 0.0222. The van der Waals surface area contributed by atoms with Crippen LogP contribution in [0.5, 0.6) is 0 Å². The number of pyridine rings is 1. The fraction of sp³-hybridized carbons (Fsp3) is 0.120. The van der Waals surface area contributed by atoms with Gasteiger partial charge in [-0.15, -0.1) is 0 Å². The minimum Gasteiger partial charge on any atom is -0.360 e. The number of aromatic amines is 1. The Kier molecular flexibility index (Phi) is 5.41. The van der Waals surface area contributed by atoms with E-state index in [0.717, 1.165) is 5.56 Å². The molecule has 0 saturated carbocycles. The second-order valence-corrected chi connectivity index (χ2v) is 9.87. The molecule has 0 atom stereocenters. The number of hydrogen-bond acceptors (Lipinski definition) is 4. The molecule has 1 aliphatic rings. The van der Waals surface area contributed by atoms with Gasteiger partial charge in [-0.25, -0.2) is 12.8 Å². The van der Waals surface area contributed by atoms with E-state index in [4.69, 9.17) is 0 Å². The fourth-order valence-corrected chi connectivity index (χ4v) is 5.62. The Morgan fingerprint density at radius 1 is 1.06 bits per heavy atom. The maximum absolute atomic E-state index is 13.4. The third-order valence-electron chi connectivity index (χ3n) is 5.90. The summed E-state index contributed by atoms with van der Waals surface area (Å²) in [6.07, 6.45) is 1.91. The number of rotatable bonds is 5. The van der Waals surface area contributed by atoms with E-state index in [9.17, 15) is 22.4 Å². The van der Waals surface area contributed by atoms with Gasteiger partial charge < -0.3 is 10.3 Å². The molecule has 3 aromatic carbocycles. The van der Waals surface area contributed by atoms with Crippen molar-refractivity contribution >= 4 is 32.5 Å². The van der Waals surface area contributed by atoms with E-state index in [1.165, 1.54) is 53.0 Å². The van der Waals surface area contributed by atoms with Crippen LogP contribution in [0.3, 0.4) is 0 Å². The number of carbonyl (C=O) groups excluding carboxylic acids is 1. The van der Waals surface area contributed by atoms with Gasteiger partial charge >= 0.3 is 0 Å². The minimum atomic E-state index is -3.89. The number of nitrogens with zero attached hydrogens (tertiary/aromatic N) is 1. The molecule has 5 rings (SSSR count). The first kappa shape index (κ1) is 21.8. The van der Waals surface area contributed by atoms with E-state index in [0.29, 0.717) is 29.7 Å². The van der Waals surface area contributed by atoms with Gasteiger partial charge in [0.25, 0.3) is 15.9 Å². The fourth-order valence-electron chi connectivity index (χ4n) is 4.09. The lowest BCUT2D eigenvalue weighted by Crippen LogP contribution is -2.30. The monoisotopic (exact) mass is 477 g/mol. The number of benzene rings is 3. The molecule has 0 unspecified atom stereocenters. The summed E-state index contributed by atoms with van der Waals surface area (Å²) in [6.45, 7) is 0.432. The van der Waals surface area contributed by atoms with Crippen molar-refractivity contribution in [2.45, 2.75) is 17.9 Å². The number of hydrogen-bond donors (Lipinski definition) is 2. The number of nitrogens with one attached hydrogen (secondary N) is 2. The molecule has 0 saturated heterocycles. The van der Waals surface area contributed by atoms with Gasteiger partial charge in [0.05, 0.1) is 10.6 Å². The Hall–Kier alpha value is -3.98. The molecule has 172 valence electrons. The Balaban J connectivity index is 1.46. The molecular formula is C25H20FN3O4S. The molecule has 0 bridgehead atoms. The first-order chi connectivity index (χ1) is 16.3. The summed E-state index contributed by atoms with van der Waals surface area (Å²) in [5.74, 6) is -1.00. The molecule has 1 aliphatic heterocycles. The Morgan fingerprint density at radius 3 is 2.62 bits per heavy atom. The number of aromatic nitrogens is 1. The Labute approximate surface area is 194 Å². The van der Waals surface area contributed by atoms with Crippen LogP contribution >= 0.6 is 0 Å². The van der Waals surface area contributed by atoms with Crippen molar-refractivity contribution in [3.63, 3.8) is 0 Å². The third kappa shape index (κ3) is 3.84. The number of halogens is 1. The van der Waals surface area contributed by atoms with Gasteiger partial charge in [0.15, 0.2) is 0 Å². The molecule has 0 spiro atoms. The summed E-state index contributed by atoms with van der Waals surface area (Å²) in [5, 5.41) is 2.73. The predicted molar refractivity (Wildman–Crippen MR) is 127 cm³/mol. The number of fused-ring (bicyclic) bond motifs is 2. The molecule has 2 N–H and O–H groups in total. The highest BCUT2D eigenvalue weighted by atomic mass is 32.2. The van der Waals surface area contributed by atoms with Gasteiger partial charge in [0.1, 0.15) is 11.4 Å². The van der Waals surface area contributed by atoms with E-state index in [1.54, 1.807) is 12.1 Å². The number of carbonyl (C=O) groups is 1. The SMILES string of the molecule is O=C(NCc1ccc(F)cc1)c1c[nH]c2ccc(S(=O)(=O)N3CCc4ccccc43)cc2c1=O. The summed E-state index contributed by atoms with van der Waals surface area (Å²) < 4.78 is 41.1. The highest BCUT2D eigenvalue weighted by Crippen LogP contribution is 2.33. The zero-order valence-corrected chi connectivity index (χ0v) is 18.7. The summed E-state index contributed by atoms with van der Waals surface area (Å²) in [4.78, 5) is 28.6. The van der Waals surface area contributed by atoms with Crippen LogP contribution in [0.25, 0.3) is 10.9 Å². The third-order valence-corrected chi connectivity index (χ3v) is 7.70. The predicted octanol–water partition coefficient (Wildman–Crippen LogP) is 3.35. The lowest BCUT2D eigenvalue weighted by Gasteiger charge is -2.19. The molecule has 4 aromatic rings. The van der Waals surface area contributed by atoms with E-state index in [1.807, 2.05) is 12.1 Å². The standard InChI is InChI=1S/C25H20FN3O4S/c26-18-7-5-16(6-8-18)14-28-25(31)21-15-27-22-10-9-19(13-20(22)24(21)30)34(32,33)29-12-11-17-3-1-2-4-23(17)29/h1-10,13,15H,11-12,14H2,(H,27,30)(H,28,31). The number of sulfonamides is 1. The van der Waals surface area contributed by atoms with Gasteiger partial charge in [0.2, 0.25) is 5.43 Å². The highest BCUT2D eigenvalue weighted by Gasteiger charge is 2.31. The lowest BCUT2D eigenvalue weighted by atomic mass is 10.1. The topological polar surface area (TPSA) is 99.3 Å². The summed E-state index contributed by atoms with van der Waals surface area (Å²) in [6, 6.07) is 17.2. The Bertz CT molecular complexity index is 1580. The van der Waals surface area contributed by atoms with Crippen LogP contribution in [0.2, 0.25) is 0 Å². The van der Waals surface area contributed by atoms with Crippen molar-refractivity contribution in [1.29, 1.82) is 0 Å². The quantitative estimate of drug-likeness (QED) is 0.461. The molecule has 1 aromatic heterocycles. The average Bonchev–Trinajstić information content (AvgIpc) is 3.29. The second kappa shape index (κ2) is 8.42. The van der Waals surface area contributed by atoms with Crippen LogP contribution in [0.1, 0.15) is 21.5 Å². The van der Waals surface area contributed by atoms with Gasteiger partial charge in [-0.05, 0) is 53.9 Å². The normalized spacial score (nSPS) is 13.1. The molecule has 2 heterocycles. The van der Waals surface area contributed by atoms with Crippen molar-refractivity contribution < 1.29 is 17.6 Å². The molecule has 0 fully saturated rings. The number of H-pyrrole nitrogens is 1. The van der Waals surface area contributed by atoms with Gasteiger partial charge in [-0.1, -0.05) is 30.3 Å².